The molecule has 2 heterocycles. The Morgan fingerprint density at radius 1 is 1.31 bits per heavy atom. The molecule has 3 aromatic rings. The van der Waals surface area contributed by atoms with E-state index in [-0.39, 0.29) is 24.2 Å². The first-order chi connectivity index (χ1) is 14.1. The van der Waals surface area contributed by atoms with Gasteiger partial charge >= 0.3 is 0 Å². The summed E-state index contributed by atoms with van der Waals surface area (Å²) in [5, 5.41) is 0. The SMILES string of the molecule is [2H]c1cc2[nH]c(CN(CCCCN)[C@H]3CCCc4cccnc43)nc2c([2H])c1[2H]. The second-order valence-electron chi connectivity index (χ2n) is 6.91. The molecule has 4 rings (SSSR count). The van der Waals surface area contributed by atoms with Gasteiger partial charge in [0, 0.05) is 6.20 Å². The van der Waals surface area contributed by atoms with Crippen LogP contribution in [-0.2, 0) is 13.0 Å². The van der Waals surface area contributed by atoms with E-state index < -0.39 is 0 Å². The van der Waals surface area contributed by atoms with Crippen LogP contribution in [0.4, 0.5) is 0 Å². The maximum Gasteiger partial charge on any atom is 0.121 e. The van der Waals surface area contributed by atoms with Crippen LogP contribution in [0, 0.1) is 0 Å². The lowest BCUT2D eigenvalue weighted by Crippen LogP contribution is -2.33. The molecule has 1 aromatic carbocycles. The first-order valence-electron chi connectivity index (χ1n) is 10.9. The summed E-state index contributed by atoms with van der Waals surface area (Å²) in [7, 11) is 0. The lowest BCUT2D eigenvalue weighted by molar-refractivity contribution is 0.159. The molecule has 0 saturated heterocycles. The lowest BCUT2D eigenvalue weighted by atomic mass is 9.90. The molecule has 1 aliphatic carbocycles. The molecule has 26 heavy (non-hydrogen) atoms. The van der Waals surface area contributed by atoms with Crippen molar-refractivity contribution in [2.45, 2.75) is 44.7 Å². The van der Waals surface area contributed by atoms with Gasteiger partial charge < -0.3 is 10.7 Å². The largest absolute Gasteiger partial charge is 0.341 e. The normalized spacial score (nSPS) is 18.5. The highest BCUT2D eigenvalue weighted by molar-refractivity contribution is 5.74. The summed E-state index contributed by atoms with van der Waals surface area (Å²) in [6, 6.07) is 5.97. The molecule has 0 spiro atoms. The molecule has 136 valence electrons. The van der Waals surface area contributed by atoms with Gasteiger partial charge in [0.15, 0.2) is 0 Å². The molecule has 2 aromatic heterocycles. The summed E-state index contributed by atoms with van der Waals surface area (Å²) in [5.41, 5.74) is 9.30. The van der Waals surface area contributed by atoms with Crippen LogP contribution >= 0.6 is 0 Å². The van der Waals surface area contributed by atoms with E-state index in [2.05, 4.69) is 20.9 Å². The Bertz CT molecular complexity index is 1000. The highest BCUT2D eigenvalue weighted by Gasteiger charge is 2.27. The number of aromatic nitrogens is 3. The summed E-state index contributed by atoms with van der Waals surface area (Å²) in [4.78, 5) is 15.0. The molecule has 5 heteroatoms. The number of fused-ring (bicyclic) bond motifs is 2. The van der Waals surface area contributed by atoms with Crippen molar-refractivity contribution in [3.05, 3.63) is 59.6 Å². The van der Waals surface area contributed by atoms with Crippen molar-refractivity contribution in [2.75, 3.05) is 13.1 Å². The van der Waals surface area contributed by atoms with E-state index >= 15 is 0 Å². The van der Waals surface area contributed by atoms with Gasteiger partial charge in [-0.15, -0.1) is 0 Å². The molecule has 0 aliphatic heterocycles. The molecule has 1 aliphatic rings. The summed E-state index contributed by atoms with van der Waals surface area (Å²) in [6.45, 7) is 2.19. The molecule has 0 amide bonds. The number of hydrogen-bond acceptors (Lipinski definition) is 4. The van der Waals surface area contributed by atoms with Crippen LogP contribution in [0.2, 0.25) is 0 Å². The molecule has 0 unspecified atom stereocenters. The number of unbranched alkanes of at least 4 members (excludes halogenated alkanes) is 1. The Morgan fingerprint density at radius 3 is 3.19 bits per heavy atom. The van der Waals surface area contributed by atoms with Crippen molar-refractivity contribution in [3.63, 3.8) is 0 Å². The number of nitrogens with zero attached hydrogens (tertiary/aromatic N) is 3. The number of pyridine rings is 1. The quantitative estimate of drug-likeness (QED) is 0.638. The zero-order valence-electron chi connectivity index (χ0n) is 18.0. The molecule has 5 nitrogen and oxygen atoms in total. The minimum absolute atomic E-state index is 0.00867. The number of para-hydroxylation sites is 2. The number of imidazole rings is 1. The number of benzene rings is 1. The van der Waals surface area contributed by atoms with Gasteiger partial charge in [0.1, 0.15) is 5.82 Å². The van der Waals surface area contributed by atoms with Gasteiger partial charge in [0.05, 0.1) is 33.4 Å². The van der Waals surface area contributed by atoms with Gasteiger partial charge in [-0.05, 0) is 68.9 Å². The fourth-order valence-corrected chi connectivity index (χ4v) is 3.85. The molecular weight excluding hydrogens is 322 g/mol. The van der Waals surface area contributed by atoms with Crippen LogP contribution in [0.1, 0.15) is 52.9 Å². The van der Waals surface area contributed by atoms with Gasteiger partial charge in [0.2, 0.25) is 0 Å². The summed E-state index contributed by atoms with van der Waals surface area (Å²) < 4.78 is 23.9. The zero-order valence-corrected chi connectivity index (χ0v) is 15.0. The third kappa shape index (κ3) is 3.64. The van der Waals surface area contributed by atoms with E-state index in [1.807, 2.05) is 12.3 Å². The van der Waals surface area contributed by atoms with E-state index in [1.54, 1.807) is 6.07 Å². The first-order valence-corrected chi connectivity index (χ1v) is 9.41. The summed E-state index contributed by atoms with van der Waals surface area (Å²) in [6.07, 6.45) is 7.12. The Morgan fingerprint density at radius 2 is 2.27 bits per heavy atom. The van der Waals surface area contributed by atoms with Gasteiger partial charge in [-0.1, -0.05) is 18.2 Å². The number of nitrogens with one attached hydrogen (secondary N) is 1. The van der Waals surface area contributed by atoms with Crippen LogP contribution in [0.3, 0.4) is 0 Å². The fraction of sp³-hybridized carbons (Fsp3) is 0.429. The third-order valence-electron chi connectivity index (χ3n) is 5.11. The Hall–Kier alpha value is -2.24. The van der Waals surface area contributed by atoms with Gasteiger partial charge in [-0.25, -0.2) is 4.98 Å². The molecule has 0 saturated carbocycles. The predicted octanol–water partition coefficient (Wildman–Crippen LogP) is 3.58. The van der Waals surface area contributed by atoms with Gasteiger partial charge in [0.25, 0.3) is 0 Å². The highest BCUT2D eigenvalue weighted by Crippen LogP contribution is 2.33. The lowest BCUT2D eigenvalue weighted by Gasteiger charge is -2.34. The molecule has 0 bridgehead atoms. The Labute approximate surface area is 158 Å². The second-order valence-corrected chi connectivity index (χ2v) is 6.91. The Kier molecular flexibility index (Phi) is 4.26. The number of aromatic amines is 1. The maximum atomic E-state index is 8.13. The summed E-state index contributed by atoms with van der Waals surface area (Å²) >= 11 is 0. The fourth-order valence-electron chi connectivity index (χ4n) is 3.85. The minimum Gasteiger partial charge on any atom is -0.341 e. The monoisotopic (exact) mass is 352 g/mol. The first kappa shape index (κ1) is 13.9. The minimum atomic E-state index is -0.0826. The van der Waals surface area contributed by atoms with Crippen LogP contribution in [0.15, 0.2) is 42.5 Å². The number of H-pyrrole nitrogens is 1. The molecular formula is C21H27N5. The van der Waals surface area contributed by atoms with Crippen molar-refractivity contribution in [1.29, 1.82) is 0 Å². The maximum absolute atomic E-state index is 8.13. The zero-order chi connectivity index (χ0) is 20.4. The van der Waals surface area contributed by atoms with E-state index in [0.29, 0.717) is 24.1 Å². The number of hydrogen-bond donors (Lipinski definition) is 2. The second kappa shape index (κ2) is 7.98. The van der Waals surface area contributed by atoms with Crippen molar-refractivity contribution in [1.82, 2.24) is 19.9 Å². The van der Waals surface area contributed by atoms with Crippen LogP contribution < -0.4 is 5.73 Å². The third-order valence-corrected chi connectivity index (χ3v) is 5.11. The average molecular weight is 353 g/mol. The van der Waals surface area contributed by atoms with E-state index in [0.717, 1.165) is 50.2 Å². The van der Waals surface area contributed by atoms with Gasteiger partial charge in [-0.3, -0.25) is 9.88 Å². The molecule has 1 atom stereocenters. The predicted molar refractivity (Wildman–Crippen MR) is 105 cm³/mol. The van der Waals surface area contributed by atoms with E-state index in [9.17, 15) is 0 Å². The summed E-state index contributed by atoms with van der Waals surface area (Å²) in [5.74, 6) is 0.759. The topological polar surface area (TPSA) is 70.8 Å². The van der Waals surface area contributed by atoms with Gasteiger partial charge in [-0.2, -0.15) is 0 Å². The molecule has 0 fully saturated rings. The van der Waals surface area contributed by atoms with E-state index in [4.69, 9.17) is 14.8 Å². The van der Waals surface area contributed by atoms with E-state index in [1.165, 1.54) is 5.56 Å². The van der Waals surface area contributed by atoms with Crippen molar-refractivity contribution in [2.24, 2.45) is 5.73 Å². The molecule has 3 N–H and O–H groups in total. The van der Waals surface area contributed by atoms with Crippen molar-refractivity contribution < 1.29 is 4.11 Å². The smallest absolute Gasteiger partial charge is 0.121 e. The number of nitrogens with two attached hydrogens (primary N) is 1. The molecule has 0 radical (unpaired) electrons. The van der Waals surface area contributed by atoms with Crippen LogP contribution in [0.5, 0.6) is 0 Å². The van der Waals surface area contributed by atoms with Crippen LogP contribution in [-0.4, -0.2) is 32.9 Å². The van der Waals surface area contributed by atoms with Crippen LogP contribution in [0.25, 0.3) is 11.0 Å². The van der Waals surface area contributed by atoms with Crippen molar-refractivity contribution >= 4 is 11.0 Å². The number of aryl methyl sites for hydroxylation is 1. The standard InChI is InChI=1S/C21H27N5/c22-12-3-4-14-26(15-20-24-17-9-1-2-10-18(17)25-20)19-11-5-7-16-8-6-13-23-21(16)19/h1-2,6,8-10,13,19H,3-5,7,11-12,14-15,22H2,(H,24,25)/t19-/m0/s1/i1D,2D,9D. The number of rotatable bonds is 7. The van der Waals surface area contributed by atoms with Crippen molar-refractivity contribution in [3.8, 4) is 0 Å². The average Bonchev–Trinajstić information content (AvgIpc) is 3.13. The Balaban J connectivity index is 1.65. The highest BCUT2D eigenvalue weighted by atomic mass is 15.2.